The van der Waals surface area contributed by atoms with Gasteiger partial charge in [0.05, 0.1) is 5.56 Å². The van der Waals surface area contributed by atoms with Crippen molar-refractivity contribution in [1.29, 1.82) is 0 Å². The Kier molecular flexibility index (Phi) is 5.11. The van der Waals surface area contributed by atoms with E-state index in [4.69, 9.17) is 4.74 Å². The molecule has 0 spiro atoms. The van der Waals surface area contributed by atoms with Gasteiger partial charge in [-0.05, 0) is 64.3 Å². The summed E-state index contributed by atoms with van der Waals surface area (Å²) in [6.07, 6.45) is 7.53. The summed E-state index contributed by atoms with van der Waals surface area (Å²) in [4.78, 5) is 14.1. The van der Waals surface area contributed by atoms with Crippen molar-refractivity contribution < 1.29 is 9.53 Å². The molecular formula is C25H27O2S+. The molecule has 1 aromatic heterocycles. The van der Waals surface area contributed by atoms with E-state index in [1.54, 1.807) is 0 Å². The molecule has 0 fully saturated rings. The number of thiophene rings is 1. The Morgan fingerprint density at radius 1 is 1.11 bits per heavy atom. The molecule has 1 aliphatic carbocycles. The summed E-state index contributed by atoms with van der Waals surface area (Å²) in [5, 5.41) is 3.62. The van der Waals surface area contributed by atoms with Crippen LogP contribution in [-0.2, 0) is 4.74 Å². The molecule has 2 nitrogen and oxygen atoms in total. The van der Waals surface area contributed by atoms with Crippen molar-refractivity contribution >= 4 is 26.5 Å². The summed E-state index contributed by atoms with van der Waals surface area (Å²) in [5.74, 6) is 0.150. The van der Waals surface area contributed by atoms with Gasteiger partial charge in [0.25, 0.3) is 0 Å². The predicted octanol–water partition coefficient (Wildman–Crippen LogP) is 7.18. The molecule has 144 valence electrons. The summed E-state index contributed by atoms with van der Waals surface area (Å²) in [5.41, 5.74) is 1.48. The van der Waals surface area contributed by atoms with Gasteiger partial charge in [0.1, 0.15) is 11.0 Å². The Morgan fingerprint density at radius 3 is 2.71 bits per heavy atom. The van der Waals surface area contributed by atoms with Crippen LogP contribution >= 0.6 is 10.5 Å². The lowest BCUT2D eigenvalue weighted by molar-refractivity contribution is -0.0320. The molecule has 2 unspecified atom stereocenters. The first-order valence-corrected chi connectivity index (χ1v) is 11.2. The molecule has 28 heavy (non-hydrogen) atoms. The first-order chi connectivity index (χ1) is 13.5. The van der Waals surface area contributed by atoms with Crippen LogP contribution in [0.15, 0.2) is 66.1 Å². The molecule has 1 heterocycles. The molecule has 2 aromatic carbocycles. The number of allylic oxidation sites excluding steroid dienone is 2. The van der Waals surface area contributed by atoms with Crippen LogP contribution in [0.25, 0.3) is 15.0 Å². The number of carbonyl (C=O) groups is 1. The highest BCUT2D eigenvalue weighted by molar-refractivity contribution is 7.43. The highest BCUT2D eigenvalue weighted by Crippen LogP contribution is 2.42. The smallest absolute Gasteiger partial charge is 0.338 e. The van der Waals surface area contributed by atoms with Crippen molar-refractivity contribution in [3.63, 3.8) is 0 Å². The summed E-state index contributed by atoms with van der Waals surface area (Å²) < 4.78 is 7.32. The van der Waals surface area contributed by atoms with Crippen molar-refractivity contribution in [2.75, 3.05) is 0 Å². The number of hydrogen-bond acceptors (Lipinski definition) is 2. The average molecular weight is 392 g/mol. The van der Waals surface area contributed by atoms with E-state index in [9.17, 15) is 4.79 Å². The largest absolute Gasteiger partial charge is 0.456 e. The van der Waals surface area contributed by atoms with Crippen LogP contribution in [0.5, 0.6) is 0 Å². The molecule has 0 saturated heterocycles. The molecule has 3 aromatic rings. The van der Waals surface area contributed by atoms with Crippen LogP contribution in [-0.4, -0.2) is 11.6 Å². The second kappa shape index (κ2) is 7.56. The maximum absolute atomic E-state index is 12.9. The Balaban J connectivity index is 1.61. The van der Waals surface area contributed by atoms with Crippen molar-refractivity contribution in [3.05, 3.63) is 77.2 Å². The molecule has 0 N–H and O–H groups in total. The molecule has 0 saturated carbocycles. The van der Waals surface area contributed by atoms with E-state index in [1.807, 2.05) is 32.0 Å². The fourth-order valence-corrected chi connectivity index (χ4v) is 6.22. The summed E-state index contributed by atoms with van der Waals surface area (Å²) in [7, 11) is -0.129. The van der Waals surface area contributed by atoms with Crippen molar-refractivity contribution in [1.82, 2.24) is 0 Å². The average Bonchev–Trinajstić information content (AvgIpc) is 3.05. The second-order valence-electron chi connectivity index (χ2n) is 8.14. The number of carbonyl (C=O) groups excluding carboxylic acids is 1. The van der Waals surface area contributed by atoms with Crippen molar-refractivity contribution in [2.24, 2.45) is 5.92 Å². The Bertz CT molecular complexity index is 1040. The van der Waals surface area contributed by atoms with Crippen LogP contribution in [0.4, 0.5) is 0 Å². The molecule has 1 aliphatic rings. The zero-order chi connectivity index (χ0) is 19.7. The van der Waals surface area contributed by atoms with Crippen molar-refractivity contribution in [2.45, 2.75) is 45.6 Å². The number of hydrogen-bond donors (Lipinski definition) is 0. The van der Waals surface area contributed by atoms with E-state index in [-0.39, 0.29) is 16.4 Å². The third-order valence-corrected chi connectivity index (χ3v) is 7.96. The zero-order valence-corrected chi connectivity index (χ0v) is 17.6. The number of benzene rings is 2. The molecule has 0 amide bonds. The van der Waals surface area contributed by atoms with Crippen molar-refractivity contribution in [3.8, 4) is 4.90 Å². The fraction of sp³-hybridized carbons (Fsp3) is 0.320. The van der Waals surface area contributed by atoms with Crippen LogP contribution in [0, 0.1) is 12.8 Å². The van der Waals surface area contributed by atoms with Crippen LogP contribution in [0.3, 0.4) is 0 Å². The van der Waals surface area contributed by atoms with Gasteiger partial charge in [-0.25, -0.2) is 4.79 Å². The lowest BCUT2D eigenvalue weighted by Gasteiger charge is -2.34. The highest BCUT2D eigenvalue weighted by Gasteiger charge is 2.33. The lowest BCUT2D eigenvalue weighted by atomic mass is 9.81. The third-order valence-electron chi connectivity index (χ3n) is 5.78. The summed E-state index contributed by atoms with van der Waals surface area (Å²) in [6.45, 7) is 6.24. The van der Waals surface area contributed by atoms with Gasteiger partial charge >= 0.3 is 5.97 Å². The molecular weight excluding hydrogens is 364 g/mol. The van der Waals surface area contributed by atoms with Gasteiger partial charge in [-0.15, -0.1) is 0 Å². The molecule has 0 bridgehead atoms. The Hall–Kier alpha value is -2.39. The van der Waals surface area contributed by atoms with Crippen LogP contribution in [0.2, 0.25) is 0 Å². The van der Waals surface area contributed by atoms with Gasteiger partial charge in [0.15, 0.2) is 9.60 Å². The first kappa shape index (κ1) is 18.9. The highest BCUT2D eigenvalue weighted by atomic mass is 32.2. The molecule has 3 heteroatoms. The monoisotopic (exact) mass is 391 g/mol. The predicted molar refractivity (Wildman–Crippen MR) is 118 cm³/mol. The van der Waals surface area contributed by atoms with Gasteiger partial charge < -0.3 is 4.74 Å². The minimum Gasteiger partial charge on any atom is -0.456 e. The number of fused-ring (bicyclic) bond motifs is 1. The SMILES string of the molecule is Cc1c[s+](-c2cccc(C(=O)OC(C)(C)C3CC=CCC3)c2)c2ccccc12. The van der Waals surface area contributed by atoms with E-state index >= 15 is 0 Å². The summed E-state index contributed by atoms with van der Waals surface area (Å²) in [6, 6.07) is 16.5. The minimum absolute atomic E-state index is 0.129. The van der Waals surface area contributed by atoms with Crippen LogP contribution < -0.4 is 0 Å². The van der Waals surface area contributed by atoms with Gasteiger partial charge in [-0.2, -0.15) is 0 Å². The Morgan fingerprint density at radius 2 is 1.93 bits per heavy atom. The van der Waals surface area contributed by atoms with E-state index in [0.29, 0.717) is 11.5 Å². The fourth-order valence-electron chi connectivity index (χ4n) is 4.05. The zero-order valence-electron chi connectivity index (χ0n) is 16.8. The number of esters is 1. The molecule has 2 atom stereocenters. The van der Waals surface area contributed by atoms with E-state index < -0.39 is 5.60 Å². The number of ether oxygens (including phenoxy) is 1. The maximum Gasteiger partial charge on any atom is 0.338 e. The summed E-state index contributed by atoms with van der Waals surface area (Å²) >= 11 is 0. The normalized spacial score (nSPS) is 17.7. The Labute approximate surface area is 169 Å². The lowest BCUT2D eigenvalue weighted by Crippen LogP contribution is -2.37. The quantitative estimate of drug-likeness (QED) is 0.267. The molecule has 0 aliphatic heterocycles. The van der Waals surface area contributed by atoms with E-state index in [0.717, 1.165) is 24.2 Å². The van der Waals surface area contributed by atoms with E-state index in [2.05, 4.69) is 54.8 Å². The number of rotatable bonds is 4. The van der Waals surface area contributed by atoms with Gasteiger partial charge in [-0.1, -0.05) is 30.4 Å². The number of aryl methyl sites for hydroxylation is 1. The minimum atomic E-state index is -0.462. The van der Waals surface area contributed by atoms with E-state index in [1.165, 1.54) is 15.6 Å². The first-order valence-electron chi connectivity index (χ1n) is 9.95. The van der Waals surface area contributed by atoms with Gasteiger partial charge in [0, 0.05) is 33.4 Å². The maximum atomic E-state index is 12.9. The molecule has 4 rings (SSSR count). The topological polar surface area (TPSA) is 26.3 Å². The standard InChI is InChI=1S/C25H27O2S/c1-18-17-28(23-15-8-7-14-22(18)23)21-13-9-10-19(16-21)24(26)27-25(2,3)20-11-5-4-6-12-20/h4-5,7-10,13-17,20H,6,11-12H2,1-3H3/q+1. The van der Waals surface area contributed by atoms with Crippen LogP contribution in [0.1, 0.15) is 49.0 Å². The van der Waals surface area contributed by atoms with Gasteiger partial charge in [-0.3, -0.25) is 0 Å². The second-order valence-corrected chi connectivity index (χ2v) is 9.96. The third kappa shape index (κ3) is 3.64. The molecule has 0 radical (unpaired) electrons. The van der Waals surface area contributed by atoms with Gasteiger partial charge in [0.2, 0.25) is 0 Å².